The van der Waals surface area contributed by atoms with Crippen molar-refractivity contribution in [2.75, 3.05) is 19.0 Å². The Bertz CT molecular complexity index is 835. The highest BCUT2D eigenvalue weighted by Gasteiger charge is 2.57. The van der Waals surface area contributed by atoms with Gasteiger partial charge in [-0.3, -0.25) is 9.59 Å². The van der Waals surface area contributed by atoms with E-state index in [0.29, 0.717) is 42.4 Å². The van der Waals surface area contributed by atoms with Crippen molar-refractivity contribution in [1.82, 2.24) is 4.90 Å². The molecule has 2 aromatic rings. The SMILES string of the molecule is CCN(Cc1ccccc1)C(=O)C1(C(=O)Nc2ccc(OC)c(Cl)c2)CC1. The zero-order valence-corrected chi connectivity index (χ0v) is 16.3. The Kier molecular flexibility index (Phi) is 5.71. The molecule has 1 saturated carbocycles. The second kappa shape index (κ2) is 8.01. The quantitative estimate of drug-likeness (QED) is 0.728. The summed E-state index contributed by atoms with van der Waals surface area (Å²) in [6.07, 6.45) is 1.12. The molecule has 0 spiro atoms. The maximum Gasteiger partial charge on any atom is 0.240 e. The van der Waals surface area contributed by atoms with Crippen molar-refractivity contribution in [2.24, 2.45) is 5.41 Å². The fraction of sp³-hybridized carbons (Fsp3) is 0.333. The van der Waals surface area contributed by atoms with Crippen LogP contribution in [0.1, 0.15) is 25.3 Å². The van der Waals surface area contributed by atoms with Gasteiger partial charge in [-0.15, -0.1) is 0 Å². The maximum absolute atomic E-state index is 13.1. The van der Waals surface area contributed by atoms with Crippen LogP contribution in [0.5, 0.6) is 5.75 Å². The summed E-state index contributed by atoms with van der Waals surface area (Å²) in [7, 11) is 1.53. The fourth-order valence-electron chi connectivity index (χ4n) is 3.09. The minimum Gasteiger partial charge on any atom is -0.495 e. The van der Waals surface area contributed by atoms with E-state index in [4.69, 9.17) is 16.3 Å². The number of benzene rings is 2. The van der Waals surface area contributed by atoms with Gasteiger partial charge in [-0.2, -0.15) is 0 Å². The number of amides is 2. The minimum absolute atomic E-state index is 0.119. The summed E-state index contributed by atoms with van der Waals surface area (Å²) >= 11 is 6.12. The number of ether oxygens (including phenoxy) is 1. The molecule has 2 aromatic carbocycles. The first kappa shape index (κ1) is 19.2. The molecule has 6 heteroatoms. The van der Waals surface area contributed by atoms with Gasteiger partial charge in [0.25, 0.3) is 0 Å². The molecule has 0 heterocycles. The average Bonchev–Trinajstić information content (AvgIpc) is 3.48. The molecule has 0 aliphatic heterocycles. The number of anilines is 1. The van der Waals surface area contributed by atoms with Crippen LogP contribution in [0.2, 0.25) is 5.02 Å². The molecule has 1 fully saturated rings. The van der Waals surface area contributed by atoms with Crippen molar-refractivity contribution in [3.05, 3.63) is 59.1 Å². The molecule has 0 atom stereocenters. The fourth-order valence-corrected chi connectivity index (χ4v) is 3.35. The average molecular weight is 387 g/mol. The molecule has 0 aromatic heterocycles. The Labute approximate surface area is 164 Å². The van der Waals surface area contributed by atoms with Crippen molar-refractivity contribution < 1.29 is 14.3 Å². The molecule has 0 unspecified atom stereocenters. The summed E-state index contributed by atoms with van der Waals surface area (Å²) in [6.45, 7) is 2.98. The maximum atomic E-state index is 13.1. The number of carbonyl (C=O) groups excluding carboxylic acids is 2. The van der Waals surface area contributed by atoms with Crippen LogP contribution in [-0.4, -0.2) is 30.4 Å². The Morgan fingerprint density at radius 3 is 2.44 bits per heavy atom. The number of nitrogens with one attached hydrogen (secondary N) is 1. The minimum atomic E-state index is -0.975. The zero-order valence-electron chi connectivity index (χ0n) is 15.5. The Morgan fingerprint density at radius 2 is 1.89 bits per heavy atom. The highest BCUT2D eigenvalue weighted by Crippen LogP contribution is 2.48. The molecule has 0 radical (unpaired) electrons. The van der Waals surface area contributed by atoms with Crippen LogP contribution >= 0.6 is 11.6 Å². The van der Waals surface area contributed by atoms with E-state index in [9.17, 15) is 9.59 Å². The van der Waals surface area contributed by atoms with Crippen molar-refractivity contribution in [3.8, 4) is 5.75 Å². The van der Waals surface area contributed by atoms with Gasteiger partial charge in [0.1, 0.15) is 11.2 Å². The predicted octanol–water partition coefficient (Wildman–Crippen LogP) is 4.12. The van der Waals surface area contributed by atoms with E-state index >= 15 is 0 Å². The molecule has 142 valence electrons. The van der Waals surface area contributed by atoms with Gasteiger partial charge in [-0.1, -0.05) is 41.9 Å². The Balaban J connectivity index is 1.71. The number of rotatable bonds is 7. The molecular weight excluding hydrogens is 364 g/mol. The molecule has 27 heavy (non-hydrogen) atoms. The molecule has 2 amide bonds. The normalized spacial score (nSPS) is 14.3. The van der Waals surface area contributed by atoms with Crippen LogP contribution in [0.4, 0.5) is 5.69 Å². The standard InChI is InChI=1S/C21H23ClN2O3/c1-3-24(14-15-7-5-4-6-8-15)20(26)21(11-12-21)19(25)23-16-9-10-18(27-2)17(22)13-16/h4-10,13H,3,11-12,14H2,1-2H3,(H,23,25). The van der Waals surface area contributed by atoms with Crippen LogP contribution in [0.25, 0.3) is 0 Å². The van der Waals surface area contributed by atoms with Gasteiger partial charge in [0.2, 0.25) is 11.8 Å². The third-order valence-electron chi connectivity index (χ3n) is 4.89. The first-order valence-corrected chi connectivity index (χ1v) is 9.36. The molecule has 5 nitrogen and oxygen atoms in total. The van der Waals surface area contributed by atoms with Crippen LogP contribution < -0.4 is 10.1 Å². The zero-order chi connectivity index (χ0) is 19.4. The lowest BCUT2D eigenvalue weighted by molar-refractivity contribution is -0.142. The van der Waals surface area contributed by atoms with Gasteiger partial charge < -0.3 is 15.0 Å². The second-order valence-corrected chi connectivity index (χ2v) is 7.10. The number of carbonyl (C=O) groups is 2. The molecular formula is C21H23ClN2O3. The van der Waals surface area contributed by atoms with E-state index in [1.165, 1.54) is 7.11 Å². The Hall–Kier alpha value is -2.53. The number of hydrogen-bond donors (Lipinski definition) is 1. The molecule has 1 aliphatic carbocycles. The third-order valence-corrected chi connectivity index (χ3v) is 5.18. The Morgan fingerprint density at radius 1 is 1.19 bits per heavy atom. The summed E-state index contributed by atoms with van der Waals surface area (Å²) in [6, 6.07) is 14.8. The summed E-state index contributed by atoms with van der Waals surface area (Å²) in [5, 5.41) is 3.24. The van der Waals surface area contributed by atoms with Gasteiger partial charge in [-0.05, 0) is 43.5 Å². The van der Waals surface area contributed by atoms with Gasteiger partial charge in [0, 0.05) is 18.8 Å². The predicted molar refractivity (Wildman–Crippen MR) is 106 cm³/mol. The first-order chi connectivity index (χ1) is 13.0. The van der Waals surface area contributed by atoms with Gasteiger partial charge in [-0.25, -0.2) is 0 Å². The lowest BCUT2D eigenvalue weighted by atomic mass is 10.0. The van der Waals surface area contributed by atoms with Gasteiger partial charge >= 0.3 is 0 Å². The van der Waals surface area contributed by atoms with Crippen molar-refractivity contribution in [3.63, 3.8) is 0 Å². The van der Waals surface area contributed by atoms with Crippen molar-refractivity contribution >= 4 is 29.1 Å². The third kappa shape index (κ3) is 4.08. The van der Waals surface area contributed by atoms with Gasteiger partial charge in [0.15, 0.2) is 0 Å². The summed E-state index contributed by atoms with van der Waals surface area (Å²) in [5.74, 6) is 0.137. The van der Waals surface area contributed by atoms with Crippen molar-refractivity contribution in [2.45, 2.75) is 26.3 Å². The van der Waals surface area contributed by atoms with E-state index in [2.05, 4.69) is 5.32 Å². The van der Waals surface area contributed by atoms with Crippen LogP contribution in [-0.2, 0) is 16.1 Å². The van der Waals surface area contributed by atoms with Crippen LogP contribution in [0.15, 0.2) is 48.5 Å². The van der Waals surface area contributed by atoms with E-state index < -0.39 is 5.41 Å². The topological polar surface area (TPSA) is 58.6 Å². The highest BCUT2D eigenvalue weighted by atomic mass is 35.5. The van der Waals surface area contributed by atoms with Gasteiger partial charge in [0.05, 0.1) is 12.1 Å². The largest absolute Gasteiger partial charge is 0.495 e. The summed E-state index contributed by atoms with van der Waals surface area (Å²) < 4.78 is 5.12. The number of nitrogens with zero attached hydrogens (tertiary/aromatic N) is 1. The van der Waals surface area contributed by atoms with E-state index in [-0.39, 0.29) is 11.8 Å². The number of halogens is 1. The monoisotopic (exact) mass is 386 g/mol. The molecule has 3 rings (SSSR count). The second-order valence-electron chi connectivity index (χ2n) is 6.69. The molecule has 0 saturated heterocycles. The highest BCUT2D eigenvalue weighted by molar-refractivity contribution is 6.32. The lowest BCUT2D eigenvalue weighted by Crippen LogP contribution is -2.42. The van der Waals surface area contributed by atoms with Crippen molar-refractivity contribution in [1.29, 1.82) is 0 Å². The summed E-state index contributed by atoms with van der Waals surface area (Å²) in [5.41, 5.74) is 0.624. The number of methoxy groups -OCH3 is 1. The molecule has 0 bridgehead atoms. The first-order valence-electron chi connectivity index (χ1n) is 8.98. The van der Waals surface area contributed by atoms with E-state index in [0.717, 1.165) is 5.56 Å². The lowest BCUT2D eigenvalue weighted by Gasteiger charge is -2.26. The van der Waals surface area contributed by atoms with E-state index in [1.807, 2.05) is 37.3 Å². The smallest absolute Gasteiger partial charge is 0.240 e. The summed E-state index contributed by atoms with van der Waals surface area (Å²) in [4.78, 5) is 27.7. The number of hydrogen-bond acceptors (Lipinski definition) is 3. The van der Waals surface area contributed by atoms with Crippen LogP contribution in [0, 0.1) is 5.41 Å². The van der Waals surface area contributed by atoms with E-state index in [1.54, 1.807) is 23.1 Å². The molecule has 1 aliphatic rings. The van der Waals surface area contributed by atoms with Crippen LogP contribution in [0.3, 0.4) is 0 Å². The molecule has 1 N–H and O–H groups in total.